The summed E-state index contributed by atoms with van der Waals surface area (Å²) in [6, 6.07) is 4.78. The highest BCUT2D eigenvalue weighted by Gasteiger charge is 2.27. The molecule has 0 aromatic heterocycles. The Kier molecular flexibility index (Phi) is 19.1. The molecule has 2 saturated carbocycles. The molecule has 2 aliphatic rings. The van der Waals surface area contributed by atoms with Gasteiger partial charge in [-0.05, 0) is 105 Å². The summed E-state index contributed by atoms with van der Waals surface area (Å²) in [5, 5.41) is 0. The molecule has 2 fully saturated rings. The molecule has 2 aliphatic carbocycles. The van der Waals surface area contributed by atoms with Crippen molar-refractivity contribution in [2.24, 2.45) is 29.6 Å². The van der Waals surface area contributed by atoms with E-state index in [1.54, 1.807) is 5.56 Å². The Balaban J connectivity index is 0.000000529. The number of hydrogen-bond acceptors (Lipinski definition) is 0. The van der Waals surface area contributed by atoms with Crippen molar-refractivity contribution < 1.29 is 0 Å². The largest absolute Gasteiger partial charge is 0.102 e. The molecule has 0 N–H and O–H groups in total. The van der Waals surface area contributed by atoms with Crippen molar-refractivity contribution in [1.29, 1.82) is 0 Å². The van der Waals surface area contributed by atoms with E-state index in [9.17, 15) is 0 Å². The molecule has 36 heavy (non-hydrogen) atoms. The SMILES string of the molecule is C=CC(C)/C=C(\C)CCC.CC.CC1CCC(C)CC1.CCC1CC(Cc2cc(C)c(C)c(C)c2)C1. The average Bonchev–Trinajstić information content (AvgIpc) is 2.83. The molecule has 0 nitrogen and oxygen atoms in total. The Labute approximate surface area is 228 Å². The summed E-state index contributed by atoms with van der Waals surface area (Å²) in [4.78, 5) is 0. The number of rotatable bonds is 7. The molecular formula is C36H64. The molecule has 1 unspecified atom stereocenters. The lowest BCUT2D eigenvalue weighted by Gasteiger charge is -2.35. The van der Waals surface area contributed by atoms with Gasteiger partial charge in [0.05, 0.1) is 0 Å². The average molecular weight is 497 g/mol. The van der Waals surface area contributed by atoms with Crippen molar-refractivity contribution in [3.8, 4) is 0 Å². The maximum Gasteiger partial charge on any atom is -0.00820 e. The number of hydrogen-bond donors (Lipinski definition) is 0. The first-order valence-corrected chi connectivity index (χ1v) is 15.5. The first-order chi connectivity index (χ1) is 17.1. The predicted octanol–water partition coefficient (Wildman–Crippen LogP) is 12.0. The second-order valence-electron chi connectivity index (χ2n) is 11.9. The van der Waals surface area contributed by atoms with E-state index in [4.69, 9.17) is 0 Å². The Morgan fingerprint density at radius 1 is 0.917 bits per heavy atom. The second-order valence-corrected chi connectivity index (χ2v) is 11.9. The molecule has 1 aromatic rings. The van der Waals surface area contributed by atoms with Gasteiger partial charge < -0.3 is 0 Å². The molecule has 208 valence electrons. The Bertz CT molecular complexity index is 689. The van der Waals surface area contributed by atoms with E-state index in [1.165, 1.54) is 86.5 Å². The van der Waals surface area contributed by atoms with Crippen LogP contribution in [0.5, 0.6) is 0 Å². The van der Waals surface area contributed by atoms with Crippen LogP contribution in [0.3, 0.4) is 0 Å². The van der Waals surface area contributed by atoms with Gasteiger partial charge in [0.25, 0.3) is 0 Å². The third-order valence-electron chi connectivity index (χ3n) is 8.29. The predicted molar refractivity (Wildman–Crippen MR) is 167 cm³/mol. The number of benzene rings is 1. The molecule has 0 spiro atoms. The molecule has 0 heterocycles. The lowest BCUT2D eigenvalue weighted by atomic mass is 9.71. The molecule has 0 amide bonds. The molecule has 0 heteroatoms. The maximum absolute atomic E-state index is 3.73. The van der Waals surface area contributed by atoms with E-state index < -0.39 is 0 Å². The Morgan fingerprint density at radius 3 is 1.78 bits per heavy atom. The van der Waals surface area contributed by atoms with Gasteiger partial charge in [0.15, 0.2) is 0 Å². The lowest BCUT2D eigenvalue weighted by molar-refractivity contribution is 0.187. The fourth-order valence-electron chi connectivity index (χ4n) is 5.37. The van der Waals surface area contributed by atoms with Gasteiger partial charge in [-0.25, -0.2) is 0 Å². The van der Waals surface area contributed by atoms with Crippen molar-refractivity contribution in [2.75, 3.05) is 0 Å². The van der Waals surface area contributed by atoms with Crippen LogP contribution in [0.15, 0.2) is 36.4 Å². The van der Waals surface area contributed by atoms with E-state index in [-0.39, 0.29) is 0 Å². The number of aryl methyl sites for hydroxylation is 2. The highest BCUT2D eigenvalue weighted by Crippen LogP contribution is 2.38. The van der Waals surface area contributed by atoms with Crippen LogP contribution < -0.4 is 0 Å². The first kappa shape index (κ1) is 34.7. The zero-order valence-electron chi connectivity index (χ0n) is 26.5. The van der Waals surface area contributed by atoms with Gasteiger partial charge >= 0.3 is 0 Å². The highest BCUT2D eigenvalue weighted by molar-refractivity contribution is 5.37. The third kappa shape index (κ3) is 14.4. The van der Waals surface area contributed by atoms with E-state index >= 15 is 0 Å². The Hall–Kier alpha value is -1.30. The minimum absolute atomic E-state index is 0.534. The highest BCUT2D eigenvalue weighted by atomic mass is 14.3. The van der Waals surface area contributed by atoms with Crippen LogP contribution in [0, 0.1) is 50.4 Å². The van der Waals surface area contributed by atoms with E-state index in [0.717, 1.165) is 23.7 Å². The fourth-order valence-corrected chi connectivity index (χ4v) is 5.37. The van der Waals surface area contributed by atoms with Crippen molar-refractivity contribution in [3.05, 3.63) is 58.7 Å². The monoisotopic (exact) mass is 497 g/mol. The van der Waals surface area contributed by atoms with Crippen LogP contribution in [0.25, 0.3) is 0 Å². The van der Waals surface area contributed by atoms with Gasteiger partial charge in [-0.3, -0.25) is 0 Å². The standard InChI is InChI=1S/C16H24.C10H18.C8H16.C2H6/c1-5-14-8-16(9-14)10-15-6-11(2)13(4)12(3)7-15;1-5-7-10(4)8-9(3)6-2;1-7-3-5-8(2)6-4-7;1-2/h6-7,14,16H,5,8-10H2,1-4H3;6,8-9H,2,5,7H2,1,3-4H3;7-8H,3-6H2,1-2H3;1-2H3/b;10-8+;;. The smallest absolute Gasteiger partial charge is 0.00820 e. The summed E-state index contributed by atoms with van der Waals surface area (Å²) < 4.78 is 0. The summed E-state index contributed by atoms with van der Waals surface area (Å²) in [6.07, 6.45) is 18.2. The topological polar surface area (TPSA) is 0 Å². The van der Waals surface area contributed by atoms with Gasteiger partial charge in [-0.15, -0.1) is 6.58 Å². The molecule has 0 aliphatic heterocycles. The van der Waals surface area contributed by atoms with Gasteiger partial charge in [0, 0.05) is 0 Å². The molecule has 0 saturated heterocycles. The molecule has 3 rings (SSSR count). The fraction of sp³-hybridized carbons (Fsp3) is 0.722. The summed E-state index contributed by atoms with van der Waals surface area (Å²) >= 11 is 0. The first-order valence-electron chi connectivity index (χ1n) is 15.5. The summed E-state index contributed by atoms with van der Waals surface area (Å²) in [5.74, 6) is 4.56. The van der Waals surface area contributed by atoms with Crippen molar-refractivity contribution >= 4 is 0 Å². The van der Waals surface area contributed by atoms with Crippen LogP contribution in [-0.4, -0.2) is 0 Å². The van der Waals surface area contributed by atoms with E-state index in [2.05, 4.69) is 87.1 Å². The summed E-state index contributed by atoms with van der Waals surface area (Å²) in [6.45, 7) is 28.0. The van der Waals surface area contributed by atoms with Gasteiger partial charge in [-0.1, -0.05) is 117 Å². The molecular weight excluding hydrogens is 432 g/mol. The van der Waals surface area contributed by atoms with E-state index in [0.29, 0.717) is 5.92 Å². The Morgan fingerprint density at radius 2 is 1.39 bits per heavy atom. The second kappa shape index (κ2) is 19.8. The van der Waals surface area contributed by atoms with Crippen molar-refractivity contribution in [2.45, 2.75) is 140 Å². The molecule has 0 radical (unpaired) electrons. The molecule has 1 aromatic carbocycles. The quantitative estimate of drug-likeness (QED) is 0.329. The number of allylic oxidation sites excluding steroid dienone is 3. The van der Waals surface area contributed by atoms with Crippen molar-refractivity contribution in [1.82, 2.24) is 0 Å². The maximum atomic E-state index is 3.73. The van der Waals surface area contributed by atoms with E-state index in [1.807, 2.05) is 19.9 Å². The van der Waals surface area contributed by atoms with Crippen LogP contribution >= 0.6 is 0 Å². The third-order valence-corrected chi connectivity index (χ3v) is 8.29. The van der Waals surface area contributed by atoms with Crippen LogP contribution in [0.2, 0.25) is 0 Å². The van der Waals surface area contributed by atoms with Crippen LogP contribution in [-0.2, 0) is 6.42 Å². The summed E-state index contributed by atoms with van der Waals surface area (Å²) in [7, 11) is 0. The zero-order chi connectivity index (χ0) is 27.7. The normalized spacial score (nSPS) is 23.9. The van der Waals surface area contributed by atoms with Crippen molar-refractivity contribution in [3.63, 3.8) is 0 Å². The van der Waals surface area contributed by atoms with Gasteiger partial charge in [0.1, 0.15) is 0 Å². The van der Waals surface area contributed by atoms with Gasteiger partial charge in [-0.2, -0.15) is 0 Å². The van der Waals surface area contributed by atoms with Crippen LogP contribution in [0.4, 0.5) is 0 Å². The molecule has 0 bridgehead atoms. The van der Waals surface area contributed by atoms with Crippen LogP contribution in [0.1, 0.15) is 135 Å². The lowest BCUT2D eigenvalue weighted by Crippen LogP contribution is -2.24. The minimum atomic E-state index is 0.534. The zero-order valence-corrected chi connectivity index (χ0v) is 26.5. The molecule has 1 atom stereocenters. The minimum Gasteiger partial charge on any atom is -0.102 e. The summed E-state index contributed by atoms with van der Waals surface area (Å²) in [5.41, 5.74) is 7.42. The van der Waals surface area contributed by atoms with Gasteiger partial charge in [0.2, 0.25) is 0 Å².